The largest absolute Gasteiger partial charge is 0.343 e. The molecule has 2 aromatic rings. The van der Waals surface area contributed by atoms with Crippen LogP contribution in [0.15, 0.2) is 35.5 Å². The Morgan fingerprint density at radius 2 is 1.83 bits per heavy atom. The van der Waals surface area contributed by atoms with E-state index in [1.165, 1.54) is 20.3 Å². The van der Waals surface area contributed by atoms with E-state index in [1.807, 2.05) is 0 Å². The number of hydrogen-bond donors (Lipinski definition) is 1. The van der Waals surface area contributed by atoms with Crippen LogP contribution in [0, 0.1) is 0 Å². The molecule has 0 saturated carbocycles. The third-order valence-corrected chi connectivity index (χ3v) is 4.37. The number of nitrogens with one attached hydrogen (secondary N) is 1. The highest BCUT2D eigenvalue weighted by molar-refractivity contribution is 7.89. The van der Waals surface area contributed by atoms with E-state index < -0.39 is 10.0 Å². The molecule has 0 aliphatic heterocycles. The second-order valence-electron chi connectivity index (χ2n) is 3.88. The van der Waals surface area contributed by atoms with Crippen LogP contribution in [0.1, 0.15) is 0 Å². The molecule has 7 heteroatoms. The summed E-state index contributed by atoms with van der Waals surface area (Å²) in [7, 11) is -0.579. The second-order valence-corrected chi connectivity index (χ2v) is 6.42. The number of rotatable bonds is 3. The number of H-pyrrole nitrogens is 1. The molecule has 0 radical (unpaired) electrons. The molecule has 96 valence electrons. The van der Waals surface area contributed by atoms with Gasteiger partial charge in [0.15, 0.2) is 5.03 Å². The van der Waals surface area contributed by atoms with Gasteiger partial charge in [0.25, 0.3) is 10.0 Å². The van der Waals surface area contributed by atoms with Crippen molar-refractivity contribution >= 4 is 21.6 Å². The summed E-state index contributed by atoms with van der Waals surface area (Å²) in [5.74, 6) is 0.493. The Hall–Kier alpha value is -1.37. The Balaban J connectivity index is 2.40. The van der Waals surface area contributed by atoms with Gasteiger partial charge in [-0.15, -0.1) is 0 Å². The second kappa shape index (κ2) is 4.72. The van der Waals surface area contributed by atoms with Gasteiger partial charge >= 0.3 is 0 Å². The lowest BCUT2D eigenvalue weighted by atomic mass is 10.2. The Bertz CT molecular complexity index is 647. The maximum Gasteiger partial charge on any atom is 0.261 e. The lowest BCUT2D eigenvalue weighted by molar-refractivity contribution is 0.517. The van der Waals surface area contributed by atoms with E-state index in [2.05, 4.69) is 9.97 Å². The number of hydrogen-bond acceptors (Lipinski definition) is 3. The summed E-state index contributed by atoms with van der Waals surface area (Å²) in [4.78, 5) is 6.92. The Kier molecular flexibility index (Phi) is 3.43. The molecule has 0 unspecified atom stereocenters. The number of benzene rings is 1. The summed E-state index contributed by atoms with van der Waals surface area (Å²) < 4.78 is 24.8. The fourth-order valence-corrected chi connectivity index (χ4v) is 2.29. The molecule has 5 nitrogen and oxygen atoms in total. The van der Waals surface area contributed by atoms with Crippen molar-refractivity contribution in [2.45, 2.75) is 5.03 Å². The van der Waals surface area contributed by atoms with Crippen molar-refractivity contribution in [2.24, 2.45) is 0 Å². The topological polar surface area (TPSA) is 66.1 Å². The van der Waals surface area contributed by atoms with E-state index in [4.69, 9.17) is 11.6 Å². The maximum atomic E-state index is 11.9. The van der Waals surface area contributed by atoms with Crippen LogP contribution >= 0.6 is 11.6 Å². The zero-order valence-electron chi connectivity index (χ0n) is 9.88. The van der Waals surface area contributed by atoms with Crippen LogP contribution in [-0.2, 0) is 10.0 Å². The highest BCUT2D eigenvalue weighted by Crippen LogP contribution is 2.20. The third-order valence-electron chi connectivity index (χ3n) is 2.42. The maximum absolute atomic E-state index is 11.9. The van der Waals surface area contributed by atoms with Crippen LogP contribution < -0.4 is 0 Å². The highest BCUT2D eigenvalue weighted by atomic mass is 35.5. The first-order valence-electron chi connectivity index (χ1n) is 5.15. The molecular weight excluding hydrogens is 274 g/mol. The van der Waals surface area contributed by atoms with E-state index in [9.17, 15) is 8.42 Å². The van der Waals surface area contributed by atoms with Crippen molar-refractivity contribution < 1.29 is 8.42 Å². The van der Waals surface area contributed by atoms with E-state index in [1.54, 1.807) is 24.3 Å². The van der Waals surface area contributed by atoms with Crippen molar-refractivity contribution in [3.8, 4) is 11.4 Å². The average Bonchev–Trinajstić information content (AvgIpc) is 2.79. The molecular formula is C11H12ClN3O2S. The highest BCUT2D eigenvalue weighted by Gasteiger charge is 2.20. The Labute approximate surface area is 110 Å². The first-order chi connectivity index (χ1) is 8.41. The molecule has 0 amide bonds. The summed E-state index contributed by atoms with van der Waals surface area (Å²) in [6, 6.07) is 6.99. The monoisotopic (exact) mass is 285 g/mol. The standard InChI is InChI=1S/C11H12ClN3O2S/c1-15(2)18(16,17)10-7-13-11(14-10)8-3-5-9(12)6-4-8/h3-7H,1-2H3,(H,13,14). The molecule has 1 N–H and O–H groups in total. The van der Waals surface area contributed by atoms with Gasteiger partial charge in [-0.25, -0.2) is 17.7 Å². The lowest BCUT2D eigenvalue weighted by Gasteiger charge is -2.07. The smallest absolute Gasteiger partial charge is 0.261 e. The molecule has 1 aromatic carbocycles. The predicted octanol–water partition coefficient (Wildman–Crippen LogP) is 1.98. The zero-order valence-corrected chi connectivity index (χ0v) is 11.5. The van der Waals surface area contributed by atoms with E-state index in [-0.39, 0.29) is 5.03 Å². The molecule has 0 aliphatic carbocycles. The van der Waals surface area contributed by atoms with Gasteiger partial charge in [-0.1, -0.05) is 11.6 Å². The minimum Gasteiger partial charge on any atom is -0.343 e. The van der Waals surface area contributed by atoms with Crippen molar-refractivity contribution in [2.75, 3.05) is 14.1 Å². The molecule has 0 saturated heterocycles. The van der Waals surface area contributed by atoms with Gasteiger partial charge in [-0.2, -0.15) is 0 Å². The minimum absolute atomic E-state index is 0.00236. The third kappa shape index (κ3) is 2.40. The van der Waals surface area contributed by atoms with Gasteiger partial charge in [-0.05, 0) is 24.3 Å². The average molecular weight is 286 g/mol. The fourth-order valence-electron chi connectivity index (χ4n) is 1.38. The molecule has 0 aliphatic rings. The fraction of sp³-hybridized carbons (Fsp3) is 0.182. The van der Waals surface area contributed by atoms with E-state index >= 15 is 0 Å². The zero-order chi connectivity index (χ0) is 13.3. The minimum atomic E-state index is -3.51. The molecule has 1 aromatic heterocycles. The van der Waals surface area contributed by atoms with Gasteiger partial charge in [-0.3, -0.25) is 0 Å². The van der Waals surface area contributed by atoms with Gasteiger partial charge < -0.3 is 4.98 Å². The first-order valence-corrected chi connectivity index (χ1v) is 6.97. The van der Waals surface area contributed by atoms with Crippen LogP contribution in [0.3, 0.4) is 0 Å². The van der Waals surface area contributed by atoms with Crippen molar-refractivity contribution in [3.63, 3.8) is 0 Å². The number of aromatic nitrogens is 2. The predicted molar refractivity (Wildman–Crippen MR) is 69.9 cm³/mol. The van der Waals surface area contributed by atoms with Gasteiger partial charge in [0.1, 0.15) is 5.82 Å². The molecule has 2 rings (SSSR count). The quantitative estimate of drug-likeness (QED) is 0.938. The summed E-state index contributed by atoms with van der Waals surface area (Å²) in [6.07, 6.45) is 1.37. The Morgan fingerprint density at radius 3 is 2.39 bits per heavy atom. The number of halogens is 1. The van der Waals surface area contributed by atoms with E-state index in [0.29, 0.717) is 10.8 Å². The van der Waals surface area contributed by atoms with Gasteiger partial charge in [0, 0.05) is 30.9 Å². The molecule has 0 bridgehead atoms. The van der Waals surface area contributed by atoms with Crippen LogP contribution in [-0.4, -0.2) is 36.8 Å². The van der Waals surface area contributed by atoms with Crippen LogP contribution in [0.4, 0.5) is 0 Å². The first kappa shape index (κ1) is 13.1. The van der Waals surface area contributed by atoms with E-state index in [0.717, 1.165) is 9.87 Å². The summed E-state index contributed by atoms with van der Waals surface area (Å²) >= 11 is 5.79. The SMILES string of the molecule is CN(C)S(=O)(=O)c1c[nH]c(-c2ccc(Cl)cc2)n1. The number of aromatic amines is 1. The van der Waals surface area contributed by atoms with Gasteiger partial charge in [0.05, 0.1) is 0 Å². The lowest BCUT2D eigenvalue weighted by Crippen LogP contribution is -2.22. The molecule has 0 fully saturated rings. The normalized spacial score (nSPS) is 12.0. The van der Waals surface area contributed by atoms with Crippen LogP contribution in [0.25, 0.3) is 11.4 Å². The summed E-state index contributed by atoms with van der Waals surface area (Å²) in [6.45, 7) is 0. The molecule has 18 heavy (non-hydrogen) atoms. The van der Waals surface area contributed by atoms with Crippen molar-refractivity contribution in [3.05, 3.63) is 35.5 Å². The number of sulfonamides is 1. The Morgan fingerprint density at radius 1 is 1.22 bits per heavy atom. The number of nitrogens with zero attached hydrogens (tertiary/aromatic N) is 2. The summed E-state index contributed by atoms with van der Waals surface area (Å²) in [5.41, 5.74) is 0.777. The molecule has 0 atom stereocenters. The van der Waals surface area contributed by atoms with Crippen molar-refractivity contribution in [1.82, 2.24) is 14.3 Å². The molecule has 0 spiro atoms. The number of imidazole rings is 1. The van der Waals surface area contributed by atoms with Crippen LogP contribution in [0.5, 0.6) is 0 Å². The van der Waals surface area contributed by atoms with Crippen molar-refractivity contribution in [1.29, 1.82) is 0 Å². The van der Waals surface area contributed by atoms with Gasteiger partial charge in [0.2, 0.25) is 0 Å². The molecule has 1 heterocycles. The van der Waals surface area contributed by atoms with Crippen LogP contribution in [0.2, 0.25) is 5.02 Å². The summed E-state index contributed by atoms with van der Waals surface area (Å²) in [5, 5.41) is 0.615.